The highest BCUT2D eigenvalue weighted by Crippen LogP contribution is 2.02. The number of nitrogens with zero attached hydrogens (tertiary/aromatic N) is 2. The summed E-state index contributed by atoms with van der Waals surface area (Å²) in [5, 5.41) is 7.91. The van der Waals surface area contributed by atoms with Gasteiger partial charge in [0.2, 0.25) is 0 Å². The third-order valence-corrected chi connectivity index (χ3v) is 2.85. The van der Waals surface area contributed by atoms with E-state index in [0.29, 0.717) is 6.17 Å². The van der Waals surface area contributed by atoms with Gasteiger partial charge in [-0.05, 0) is 20.0 Å². The molecule has 1 atom stereocenters. The van der Waals surface area contributed by atoms with Gasteiger partial charge < -0.3 is 0 Å². The second kappa shape index (κ2) is 7.21. The largest absolute Gasteiger partial charge is 0.299 e. The van der Waals surface area contributed by atoms with Crippen LogP contribution < -0.4 is 10.6 Å². The molecule has 1 radical (unpaired) electrons. The first kappa shape index (κ1) is 12.0. The summed E-state index contributed by atoms with van der Waals surface area (Å²) in [6.07, 6.45) is 5.87. The zero-order chi connectivity index (χ0) is 10.2. The van der Waals surface area contributed by atoms with E-state index < -0.39 is 0 Å². The lowest BCUT2D eigenvalue weighted by atomic mass is 10.2. The van der Waals surface area contributed by atoms with Gasteiger partial charge >= 0.3 is 0 Å². The Morgan fingerprint density at radius 3 is 2.86 bits per heavy atom. The van der Waals surface area contributed by atoms with Gasteiger partial charge in [0.25, 0.3) is 0 Å². The minimum absolute atomic E-state index is 0.491. The highest BCUT2D eigenvalue weighted by molar-refractivity contribution is 4.74. The van der Waals surface area contributed by atoms with Crippen LogP contribution in [0.3, 0.4) is 0 Å². The Bertz CT molecular complexity index is 132. The molecule has 0 aliphatic carbocycles. The Morgan fingerprint density at radius 2 is 2.21 bits per heavy atom. The Hall–Kier alpha value is -0.120. The first-order valence-electron chi connectivity index (χ1n) is 5.91. The molecule has 1 rings (SSSR count). The minimum atomic E-state index is 0.491. The molecule has 0 aromatic carbocycles. The molecule has 1 aliphatic rings. The SMILES string of the molecule is CCCCCCN(C)C1C[N]CCN1. The van der Waals surface area contributed by atoms with Gasteiger partial charge in [-0.3, -0.25) is 10.2 Å². The molecule has 1 N–H and O–H groups in total. The highest BCUT2D eigenvalue weighted by Gasteiger charge is 2.16. The zero-order valence-corrected chi connectivity index (χ0v) is 9.63. The van der Waals surface area contributed by atoms with Crippen LogP contribution >= 0.6 is 0 Å². The van der Waals surface area contributed by atoms with Gasteiger partial charge in [-0.15, -0.1) is 0 Å². The fourth-order valence-electron chi connectivity index (χ4n) is 1.83. The molecular formula is C11H24N3. The zero-order valence-electron chi connectivity index (χ0n) is 9.63. The van der Waals surface area contributed by atoms with E-state index in [4.69, 9.17) is 0 Å². The average molecular weight is 198 g/mol. The standard InChI is InChI=1S/C11H24N3/c1-3-4-5-6-9-14(2)11-10-12-7-8-13-11/h11,13H,3-10H2,1-2H3. The number of rotatable bonds is 6. The number of hydrogen-bond acceptors (Lipinski definition) is 2. The maximum Gasteiger partial charge on any atom is 0.0740 e. The second-order valence-corrected chi connectivity index (χ2v) is 4.14. The molecule has 1 fully saturated rings. The minimum Gasteiger partial charge on any atom is -0.299 e. The van der Waals surface area contributed by atoms with Crippen molar-refractivity contribution < 1.29 is 0 Å². The van der Waals surface area contributed by atoms with Crippen molar-refractivity contribution in [3.63, 3.8) is 0 Å². The first-order chi connectivity index (χ1) is 6.84. The van der Waals surface area contributed by atoms with Crippen LogP contribution in [-0.2, 0) is 0 Å². The molecule has 1 aliphatic heterocycles. The topological polar surface area (TPSA) is 29.4 Å². The molecule has 83 valence electrons. The van der Waals surface area contributed by atoms with Crippen molar-refractivity contribution in [1.82, 2.24) is 15.5 Å². The molecule has 3 heteroatoms. The fraction of sp³-hybridized carbons (Fsp3) is 1.00. The lowest BCUT2D eigenvalue weighted by molar-refractivity contribution is 0.177. The molecule has 0 amide bonds. The summed E-state index contributed by atoms with van der Waals surface area (Å²) in [7, 11) is 2.20. The van der Waals surface area contributed by atoms with Gasteiger partial charge in [-0.1, -0.05) is 26.2 Å². The molecule has 0 aromatic rings. The van der Waals surface area contributed by atoms with Crippen LogP contribution in [0.15, 0.2) is 0 Å². The summed E-state index contributed by atoms with van der Waals surface area (Å²) in [4.78, 5) is 2.40. The van der Waals surface area contributed by atoms with E-state index in [2.05, 4.69) is 29.5 Å². The fourth-order valence-corrected chi connectivity index (χ4v) is 1.83. The molecular weight excluding hydrogens is 174 g/mol. The van der Waals surface area contributed by atoms with Gasteiger partial charge in [0, 0.05) is 19.6 Å². The number of unbranched alkanes of at least 4 members (excludes halogenated alkanes) is 3. The summed E-state index contributed by atoms with van der Waals surface area (Å²) < 4.78 is 0. The molecule has 0 bridgehead atoms. The molecule has 0 aromatic heterocycles. The van der Waals surface area contributed by atoms with Crippen molar-refractivity contribution in [3.8, 4) is 0 Å². The van der Waals surface area contributed by atoms with Gasteiger partial charge in [0.1, 0.15) is 0 Å². The van der Waals surface area contributed by atoms with Crippen LogP contribution in [0.2, 0.25) is 0 Å². The smallest absolute Gasteiger partial charge is 0.0740 e. The molecule has 3 nitrogen and oxygen atoms in total. The number of piperazine rings is 1. The lowest BCUT2D eigenvalue weighted by Crippen LogP contribution is -2.54. The van der Waals surface area contributed by atoms with E-state index in [-0.39, 0.29) is 0 Å². The molecule has 1 heterocycles. The molecule has 0 spiro atoms. The van der Waals surface area contributed by atoms with Crippen molar-refractivity contribution in [3.05, 3.63) is 0 Å². The van der Waals surface area contributed by atoms with E-state index >= 15 is 0 Å². The maximum atomic E-state index is 4.42. The average Bonchev–Trinajstić information content (AvgIpc) is 2.25. The van der Waals surface area contributed by atoms with Crippen LogP contribution in [0.5, 0.6) is 0 Å². The molecule has 1 saturated heterocycles. The molecule has 14 heavy (non-hydrogen) atoms. The van der Waals surface area contributed by atoms with Crippen molar-refractivity contribution in [2.75, 3.05) is 33.2 Å². The van der Waals surface area contributed by atoms with E-state index in [1.165, 1.54) is 32.2 Å². The van der Waals surface area contributed by atoms with E-state index in [9.17, 15) is 0 Å². The predicted octanol–water partition coefficient (Wildman–Crippen LogP) is 1.03. The van der Waals surface area contributed by atoms with E-state index in [0.717, 1.165) is 19.6 Å². The summed E-state index contributed by atoms with van der Waals surface area (Å²) in [6, 6.07) is 0. The third-order valence-electron chi connectivity index (χ3n) is 2.85. The monoisotopic (exact) mass is 198 g/mol. The number of nitrogens with one attached hydrogen (secondary N) is 1. The van der Waals surface area contributed by atoms with Crippen molar-refractivity contribution in [1.29, 1.82) is 0 Å². The highest BCUT2D eigenvalue weighted by atomic mass is 15.3. The maximum absolute atomic E-state index is 4.42. The van der Waals surface area contributed by atoms with E-state index in [1.54, 1.807) is 0 Å². The van der Waals surface area contributed by atoms with E-state index in [1.807, 2.05) is 0 Å². The molecule has 1 unspecified atom stereocenters. The van der Waals surface area contributed by atoms with Crippen LogP contribution in [0, 0.1) is 0 Å². The van der Waals surface area contributed by atoms with Crippen molar-refractivity contribution >= 4 is 0 Å². The second-order valence-electron chi connectivity index (χ2n) is 4.14. The molecule has 0 saturated carbocycles. The third kappa shape index (κ3) is 4.40. The van der Waals surface area contributed by atoms with Gasteiger partial charge in [0.15, 0.2) is 0 Å². The first-order valence-corrected chi connectivity index (χ1v) is 5.91. The lowest BCUT2D eigenvalue weighted by Gasteiger charge is -2.31. The Labute approximate surface area is 88.2 Å². The van der Waals surface area contributed by atoms with Gasteiger partial charge in [0.05, 0.1) is 6.17 Å². The Kier molecular flexibility index (Phi) is 6.15. The Balaban J connectivity index is 2.04. The Morgan fingerprint density at radius 1 is 1.36 bits per heavy atom. The van der Waals surface area contributed by atoms with Crippen LogP contribution in [0.4, 0.5) is 0 Å². The quantitative estimate of drug-likeness (QED) is 0.646. The number of hydrogen-bond donors (Lipinski definition) is 1. The summed E-state index contributed by atoms with van der Waals surface area (Å²) in [5.74, 6) is 0. The van der Waals surface area contributed by atoms with Crippen molar-refractivity contribution in [2.45, 2.75) is 38.8 Å². The normalized spacial score (nSPS) is 22.9. The van der Waals surface area contributed by atoms with Gasteiger partial charge in [-0.25, -0.2) is 5.32 Å². The van der Waals surface area contributed by atoms with Crippen LogP contribution in [0.25, 0.3) is 0 Å². The predicted molar refractivity (Wildman–Crippen MR) is 60.4 cm³/mol. The van der Waals surface area contributed by atoms with Gasteiger partial charge in [-0.2, -0.15) is 0 Å². The summed E-state index contributed by atoms with van der Waals surface area (Å²) in [5.41, 5.74) is 0. The van der Waals surface area contributed by atoms with Crippen LogP contribution in [-0.4, -0.2) is 44.3 Å². The van der Waals surface area contributed by atoms with Crippen molar-refractivity contribution in [2.24, 2.45) is 0 Å². The van der Waals surface area contributed by atoms with Crippen LogP contribution in [0.1, 0.15) is 32.6 Å². The number of likely N-dealkylation sites (N-methyl/N-ethyl adjacent to an activating group) is 1. The summed E-state index contributed by atoms with van der Waals surface area (Å²) >= 11 is 0. The summed E-state index contributed by atoms with van der Waals surface area (Å²) in [6.45, 7) is 6.45.